The van der Waals surface area contributed by atoms with Gasteiger partial charge in [-0.3, -0.25) is 9.89 Å². The molecule has 0 aliphatic rings. The summed E-state index contributed by atoms with van der Waals surface area (Å²) in [4.78, 5) is 11.3. The van der Waals surface area contributed by atoms with Gasteiger partial charge in [0, 0.05) is 11.8 Å². The summed E-state index contributed by atoms with van der Waals surface area (Å²) in [6, 6.07) is 1.29. The molecule has 1 rings (SSSR count). The van der Waals surface area contributed by atoms with Gasteiger partial charge >= 0.3 is 0 Å². The number of hydrogen-bond acceptors (Lipinski definition) is 3. The molecule has 1 heterocycles. The highest BCUT2D eigenvalue weighted by Gasteiger charge is 2.11. The van der Waals surface area contributed by atoms with Crippen LogP contribution in [-0.2, 0) is 4.79 Å². The average Bonchev–Trinajstić information content (AvgIpc) is 2.49. The van der Waals surface area contributed by atoms with Crippen LogP contribution in [0.5, 0.6) is 0 Å². The molecule has 0 saturated heterocycles. The molecule has 1 aromatic rings. The molecule has 0 saturated carbocycles. The number of carbonyl (C=O) groups excluding carboxylic acids is 1. The van der Waals surface area contributed by atoms with Crippen LogP contribution in [0.1, 0.15) is 19.0 Å². The largest absolute Gasteiger partial charge is 0.320 e. The molecule has 4 N–H and O–H groups in total. The number of H-pyrrole nitrogens is 1. The van der Waals surface area contributed by atoms with E-state index in [1.54, 1.807) is 6.07 Å². The van der Waals surface area contributed by atoms with Crippen molar-refractivity contribution in [1.29, 1.82) is 0 Å². The number of nitrogens with zero attached hydrogens (tertiary/aromatic N) is 1. The standard InChI is InChI=1S/C8H14N4O/c1-3-6(9)8(13)10-7-4-5(2)11-12-7/h4,6H,3,9H2,1-2H3,(H2,10,11,12,13). The summed E-state index contributed by atoms with van der Waals surface area (Å²) in [6.45, 7) is 3.72. The fraction of sp³-hybridized carbons (Fsp3) is 0.500. The zero-order chi connectivity index (χ0) is 9.84. The lowest BCUT2D eigenvalue weighted by Crippen LogP contribution is -2.34. The third-order valence-corrected chi connectivity index (χ3v) is 1.73. The van der Waals surface area contributed by atoms with Crippen LogP contribution in [0.3, 0.4) is 0 Å². The number of aromatic amines is 1. The van der Waals surface area contributed by atoms with Crippen LogP contribution in [0.15, 0.2) is 6.07 Å². The third-order valence-electron chi connectivity index (χ3n) is 1.73. The minimum atomic E-state index is -0.461. The lowest BCUT2D eigenvalue weighted by Gasteiger charge is -2.06. The summed E-state index contributed by atoms with van der Waals surface area (Å²) in [7, 11) is 0. The van der Waals surface area contributed by atoms with Gasteiger partial charge in [0.05, 0.1) is 6.04 Å². The number of amides is 1. The minimum absolute atomic E-state index is 0.200. The number of aromatic nitrogens is 2. The molecule has 0 fully saturated rings. The molecular weight excluding hydrogens is 168 g/mol. The molecule has 0 aromatic carbocycles. The zero-order valence-corrected chi connectivity index (χ0v) is 7.79. The Balaban J connectivity index is 2.54. The molecule has 1 amide bonds. The first-order chi connectivity index (χ1) is 6.13. The van der Waals surface area contributed by atoms with Gasteiger partial charge < -0.3 is 11.1 Å². The predicted molar refractivity (Wildman–Crippen MR) is 50.2 cm³/mol. The van der Waals surface area contributed by atoms with Crippen LogP contribution in [0.25, 0.3) is 0 Å². The van der Waals surface area contributed by atoms with Gasteiger partial charge in [0.25, 0.3) is 0 Å². The summed E-state index contributed by atoms with van der Waals surface area (Å²) >= 11 is 0. The van der Waals surface area contributed by atoms with Gasteiger partial charge in [0.1, 0.15) is 0 Å². The lowest BCUT2D eigenvalue weighted by molar-refractivity contribution is -0.117. The van der Waals surface area contributed by atoms with Gasteiger partial charge in [0.15, 0.2) is 5.82 Å². The average molecular weight is 182 g/mol. The molecule has 5 heteroatoms. The van der Waals surface area contributed by atoms with Crippen molar-refractivity contribution in [3.8, 4) is 0 Å². The first kappa shape index (κ1) is 9.73. The van der Waals surface area contributed by atoms with Crippen molar-refractivity contribution in [3.05, 3.63) is 11.8 Å². The van der Waals surface area contributed by atoms with Crippen LogP contribution in [0.4, 0.5) is 5.82 Å². The maximum absolute atomic E-state index is 11.3. The summed E-state index contributed by atoms with van der Waals surface area (Å²) in [5.41, 5.74) is 6.42. The van der Waals surface area contributed by atoms with E-state index >= 15 is 0 Å². The number of hydrogen-bond donors (Lipinski definition) is 3. The van der Waals surface area contributed by atoms with E-state index in [2.05, 4.69) is 15.5 Å². The predicted octanol–water partition coefficient (Wildman–Crippen LogP) is 0.394. The lowest BCUT2D eigenvalue weighted by atomic mass is 10.2. The van der Waals surface area contributed by atoms with Crippen molar-refractivity contribution >= 4 is 11.7 Å². The maximum atomic E-state index is 11.3. The Kier molecular flexibility index (Phi) is 3.02. The first-order valence-corrected chi connectivity index (χ1v) is 4.22. The van der Waals surface area contributed by atoms with E-state index in [-0.39, 0.29) is 5.91 Å². The quantitative estimate of drug-likeness (QED) is 0.632. The Morgan fingerprint density at radius 1 is 1.85 bits per heavy atom. The summed E-state index contributed by atoms with van der Waals surface area (Å²) in [5.74, 6) is 0.320. The third kappa shape index (κ3) is 2.55. The minimum Gasteiger partial charge on any atom is -0.320 e. The molecule has 0 aliphatic carbocycles. The first-order valence-electron chi connectivity index (χ1n) is 4.22. The van der Waals surface area contributed by atoms with E-state index in [0.29, 0.717) is 12.2 Å². The highest BCUT2D eigenvalue weighted by atomic mass is 16.2. The van der Waals surface area contributed by atoms with Crippen molar-refractivity contribution in [2.45, 2.75) is 26.3 Å². The molecule has 13 heavy (non-hydrogen) atoms. The van der Waals surface area contributed by atoms with Gasteiger partial charge in [-0.2, -0.15) is 5.10 Å². The Morgan fingerprint density at radius 2 is 2.54 bits per heavy atom. The van der Waals surface area contributed by atoms with E-state index in [9.17, 15) is 4.79 Å². The van der Waals surface area contributed by atoms with E-state index in [1.165, 1.54) is 0 Å². The van der Waals surface area contributed by atoms with Crippen LogP contribution in [-0.4, -0.2) is 22.1 Å². The number of nitrogens with two attached hydrogens (primary N) is 1. The Hall–Kier alpha value is -1.36. The van der Waals surface area contributed by atoms with Crippen molar-refractivity contribution in [3.63, 3.8) is 0 Å². The molecule has 72 valence electrons. The second kappa shape index (κ2) is 4.04. The van der Waals surface area contributed by atoms with Gasteiger partial charge in [-0.25, -0.2) is 0 Å². The second-order valence-electron chi connectivity index (χ2n) is 2.94. The van der Waals surface area contributed by atoms with Crippen molar-refractivity contribution < 1.29 is 4.79 Å². The van der Waals surface area contributed by atoms with E-state index in [4.69, 9.17) is 5.73 Å². The van der Waals surface area contributed by atoms with Gasteiger partial charge in [0.2, 0.25) is 5.91 Å². The Morgan fingerprint density at radius 3 is 3.00 bits per heavy atom. The fourth-order valence-electron chi connectivity index (χ4n) is 0.886. The van der Waals surface area contributed by atoms with Gasteiger partial charge in [-0.15, -0.1) is 0 Å². The number of carbonyl (C=O) groups is 1. The van der Waals surface area contributed by atoms with E-state index < -0.39 is 6.04 Å². The molecule has 0 spiro atoms. The van der Waals surface area contributed by atoms with Gasteiger partial charge in [-0.1, -0.05) is 6.92 Å². The number of rotatable bonds is 3. The zero-order valence-electron chi connectivity index (χ0n) is 7.79. The summed E-state index contributed by atoms with van der Waals surface area (Å²) in [6.07, 6.45) is 0.620. The number of aryl methyl sites for hydroxylation is 1. The summed E-state index contributed by atoms with van der Waals surface area (Å²) < 4.78 is 0. The number of nitrogens with one attached hydrogen (secondary N) is 2. The molecule has 0 radical (unpaired) electrons. The molecule has 0 bridgehead atoms. The SMILES string of the molecule is CCC(N)C(=O)Nc1cc(C)[nH]n1. The van der Waals surface area contributed by atoms with E-state index in [0.717, 1.165) is 5.69 Å². The van der Waals surface area contributed by atoms with Crippen molar-refractivity contribution in [2.75, 3.05) is 5.32 Å². The fourth-order valence-corrected chi connectivity index (χ4v) is 0.886. The van der Waals surface area contributed by atoms with Crippen LogP contribution >= 0.6 is 0 Å². The van der Waals surface area contributed by atoms with Crippen molar-refractivity contribution in [2.24, 2.45) is 5.73 Å². The maximum Gasteiger partial charge on any atom is 0.242 e. The normalized spacial score (nSPS) is 12.5. The van der Waals surface area contributed by atoms with E-state index in [1.807, 2.05) is 13.8 Å². The van der Waals surface area contributed by atoms with Crippen LogP contribution in [0.2, 0.25) is 0 Å². The molecule has 5 nitrogen and oxygen atoms in total. The van der Waals surface area contributed by atoms with Gasteiger partial charge in [-0.05, 0) is 13.3 Å². The molecular formula is C8H14N4O. The van der Waals surface area contributed by atoms with Crippen molar-refractivity contribution in [1.82, 2.24) is 10.2 Å². The smallest absolute Gasteiger partial charge is 0.242 e. The molecule has 0 aliphatic heterocycles. The number of anilines is 1. The van der Waals surface area contributed by atoms with Crippen LogP contribution < -0.4 is 11.1 Å². The molecule has 1 unspecified atom stereocenters. The Labute approximate surface area is 76.7 Å². The highest BCUT2D eigenvalue weighted by Crippen LogP contribution is 2.04. The Bertz CT molecular complexity index is 294. The molecule has 1 aromatic heterocycles. The summed E-state index contributed by atoms with van der Waals surface area (Å²) in [5, 5.41) is 9.19. The topological polar surface area (TPSA) is 83.8 Å². The monoisotopic (exact) mass is 182 g/mol. The van der Waals surface area contributed by atoms with Crippen LogP contribution in [0, 0.1) is 6.92 Å². The molecule has 1 atom stereocenters. The second-order valence-corrected chi connectivity index (χ2v) is 2.94. The highest BCUT2D eigenvalue weighted by molar-refractivity contribution is 5.93.